The van der Waals surface area contributed by atoms with Crippen LogP contribution in [0.15, 0.2) is 42.7 Å². The van der Waals surface area contributed by atoms with E-state index in [0.29, 0.717) is 10.0 Å². The van der Waals surface area contributed by atoms with Gasteiger partial charge in [-0.05, 0) is 48.7 Å². The highest BCUT2D eigenvalue weighted by Gasteiger charge is 2.14. The summed E-state index contributed by atoms with van der Waals surface area (Å²) in [6, 6.07) is 10.4. The van der Waals surface area contributed by atoms with Gasteiger partial charge in [-0.15, -0.1) is 0 Å². The summed E-state index contributed by atoms with van der Waals surface area (Å²) in [5.41, 5.74) is 2.38. The first kappa shape index (κ1) is 15.3. The van der Waals surface area contributed by atoms with E-state index < -0.39 is 0 Å². The van der Waals surface area contributed by atoms with Gasteiger partial charge >= 0.3 is 0 Å². The van der Waals surface area contributed by atoms with Crippen LogP contribution in [0.2, 0.25) is 10.0 Å². The van der Waals surface area contributed by atoms with Gasteiger partial charge in [0.2, 0.25) is 0 Å². The van der Waals surface area contributed by atoms with Gasteiger partial charge in [0.25, 0.3) is 0 Å². The van der Waals surface area contributed by atoms with Crippen LogP contribution in [0.1, 0.15) is 43.5 Å². The van der Waals surface area contributed by atoms with E-state index in [1.54, 1.807) is 0 Å². The first-order valence-corrected chi connectivity index (χ1v) is 7.48. The quantitative estimate of drug-likeness (QED) is 0.822. The van der Waals surface area contributed by atoms with Gasteiger partial charge in [0.15, 0.2) is 0 Å². The summed E-state index contributed by atoms with van der Waals surface area (Å²) >= 11 is 12.1. The van der Waals surface area contributed by atoms with E-state index in [2.05, 4.69) is 24.1 Å². The average Bonchev–Trinajstić information content (AvgIpc) is 2.48. The van der Waals surface area contributed by atoms with Crippen molar-refractivity contribution in [1.29, 1.82) is 0 Å². The van der Waals surface area contributed by atoms with Crippen molar-refractivity contribution in [2.24, 2.45) is 0 Å². The fraction of sp³-hybridized carbons (Fsp3) is 0.312. The molecule has 1 aromatic heterocycles. The molecule has 0 amide bonds. The molecule has 20 heavy (non-hydrogen) atoms. The van der Waals surface area contributed by atoms with E-state index >= 15 is 0 Å². The Labute approximate surface area is 130 Å². The Balaban J connectivity index is 2.14. The van der Waals surface area contributed by atoms with Crippen molar-refractivity contribution < 1.29 is 0 Å². The van der Waals surface area contributed by atoms with E-state index in [-0.39, 0.29) is 12.1 Å². The van der Waals surface area contributed by atoms with Crippen LogP contribution in [0.5, 0.6) is 0 Å². The number of nitrogens with one attached hydrogen (secondary N) is 1. The Morgan fingerprint density at radius 3 is 2.35 bits per heavy atom. The molecular weight excluding hydrogens is 291 g/mol. The van der Waals surface area contributed by atoms with Crippen LogP contribution in [0.25, 0.3) is 0 Å². The Morgan fingerprint density at radius 1 is 1.05 bits per heavy atom. The molecule has 0 radical (unpaired) electrons. The average molecular weight is 309 g/mol. The first-order chi connectivity index (χ1) is 9.61. The first-order valence-electron chi connectivity index (χ1n) is 6.72. The summed E-state index contributed by atoms with van der Waals surface area (Å²) in [5.74, 6) is 0. The molecule has 0 aliphatic carbocycles. The fourth-order valence-electron chi connectivity index (χ4n) is 2.23. The molecule has 1 aromatic carbocycles. The van der Waals surface area contributed by atoms with Gasteiger partial charge in [-0.25, -0.2) is 0 Å². The number of hydrogen-bond acceptors (Lipinski definition) is 2. The third kappa shape index (κ3) is 3.72. The second-order valence-corrected chi connectivity index (χ2v) is 5.62. The van der Waals surface area contributed by atoms with E-state index in [9.17, 15) is 0 Å². The molecule has 1 N–H and O–H groups in total. The lowest BCUT2D eigenvalue weighted by atomic mass is 10.0. The van der Waals surface area contributed by atoms with Crippen molar-refractivity contribution in [1.82, 2.24) is 10.3 Å². The van der Waals surface area contributed by atoms with E-state index in [4.69, 9.17) is 23.2 Å². The lowest BCUT2D eigenvalue weighted by Crippen LogP contribution is -2.24. The number of aromatic nitrogens is 1. The molecule has 1 heterocycles. The highest BCUT2D eigenvalue weighted by molar-refractivity contribution is 6.42. The fourth-order valence-corrected chi connectivity index (χ4v) is 2.54. The van der Waals surface area contributed by atoms with E-state index in [1.165, 1.54) is 5.56 Å². The maximum absolute atomic E-state index is 6.10. The minimum Gasteiger partial charge on any atom is -0.303 e. The Kier molecular flexibility index (Phi) is 5.41. The minimum absolute atomic E-state index is 0.243. The number of halogens is 2. The molecule has 2 nitrogen and oxygen atoms in total. The monoisotopic (exact) mass is 308 g/mol. The van der Waals surface area contributed by atoms with Crippen LogP contribution in [0.4, 0.5) is 0 Å². The summed E-state index contributed by atoms with van der Waals surface area (Å²) in [6.07, 6.45) is 4.61. The van der Waals surface area contributed by atoms with Gasteiger partial charge in [-0.2, -0.15) is 0 Å². The third-order valence-electron chi connectivity index (χ3n) is 3.41. The normalized spacial score (nSPS) is 14.0. The van der Waals surface area contributed by atoms with Crippen molar-refractivity contribution in [3.8, 4) is 0 Å². The smallest absolute Gasteiger partial charge is 0.0595 e. The summed E-state index contributed by atoms with van der Waals surface area (Å²) in [7, 11) is 0. The van der Waals surface area contributed by atoms with Gasteiger partial charge in [-0.3, -0.25) is 4.98 Å². The Morgan fingerprint density at radius 2 is 1.75 bits per heavy atom. The van der Waals surface area contributed by atoms with Crippen molar-refractivity contribution in [2.45, 2.75) is 32.4 Å². The van der Waals surface area contributed by atoms with Crippen LogP contribution >= 0.6 is 23.2 Å². The predicted octanol–water partition coefficient (Wildman–Crippen LogP) is 5.19. The molecular formula is C16H18Cl2N2. The molecule has 2 atom stereocenters. The van der Waals surface area contributed by atoms with Crippen molar-refractivity contribution in [3.63, 3.8) is 0 Å². The van der Waals surface area contributed by atoms with Crippen LogP contribution < -0.4 is 5.32 Å². The lowest BCUT2D eigenvalue weighted by molar-refractivity contribution is 0.456. The summed E-state index contributed by atoms with van der Waals surface area (Å²) < 4.78 is 0. The highest BCUT2D eigenvalue weighted by atomic mass is 35.5. The highest BCUT2D eigenvalue weighted by Crippen LogP contribution is 2.28. The van der Waals surface area contributed by atoms with E-state index in [1.807, 2.05) is 42.7 Å². The molecule has 0 saturated carbocycles. The summed E-state index contributed by atoms with van der Waals surface area (Å²) in [6.45, 7) is 4.30. The molecule has 2 aromatic rings. The number of hydrogen-bond donors (Lipinski definition) is 1. The molecule has 0 saturated heterocycles. The van der Waals surface area contributed by atoms with Crippen LogP contribution in [0.3, 0.4) is 0 Å². The summed E-state index contributed by atoms with van der Waals surface area (Å²) in [4.78, 5) is 4.05. The van der Waals surface area contributed by atoms with Gasteiger partial charge in [0, 0.05) is 24.5 Å². The molecule has 1 unspecified atom stereocenters. The molecule has 0 aliphatic rings. The van der Waals surface area contributed by atoms with Crippen molar-refractivity contribution in [3.05, 3.63) is 63.9 Å². The van der Waals surface area contributed by atoms with Crippen molar-refractivity contribution in [2.75, 3.05) is 0 Å². The van der Waals surface area contributed by atoms with Crippen LogP contribution in [-0.4, -0.2) is 4.98 Å². The molecule has 0 fully saturated rings. The zero-order valence-corrected chi connectivity index (χ0v) is 13.1. The minimum atomic E-state index is 0.243. The molecule has 4 heteroatoms. The SMILES string of the molecule is CCC(N[C@H](C)c1ccncc1)c1ccc(Cl)c(Cl)c1. The van der Waals surface area contributed by atoms with Gasteiger partial charge in [-0.1, -0.05) is 36.2 Å². The number of nitrogens with zero attached hydrogens (tertiary/aromatic N) is 1. The summed E-state index contributed by atoms with van der Waals surface area (Å²) in [5, 5.41) is 4.80. The largest absolute Gasteiger partial charge is 0.303 e. The number of benzene rings is 1. The molecule has 0 spiro atoms. The molecule has 0 bridgehead atoms. The predicted molar refractivity (Wildman–Crippen MR) is 85.3 cm³/mol. The Hall–Kier alpha value is -1.09. The van der Waals surface area contributed by atoms with Crippen molar-refractivity contribution >= 4 is 23.2 Å². The maximum atomic E-state index is 6.10. The second kappa shape index (κ2) is 7.07. The third-order valence-corrected chi connectivity index (χ3v) is 4.15. The number of pyridine rings is 1. The standard InChI is InChI=1S/C16H18Cl2N2/c1-3-16(13-4-5-14(17)15(18)10-13)20-11(2)12-6-8-19-9-7-12/h4-11,16,20H,3H2,1-2H3/t11-,16?/m1/s1. The molecule has 2 rings (SSSR count). The molecule has 106 valence electrons. The zero-order chi connectivity index (χ0) is 14.5. The Bertz CT molecular complexity index is 558. The van der Waals surface area contributed by atoms with Crippen LogP contribution in [-0.2, 0) is 0 Å². The zero-order valence-electron chi connectivity index (χ0n) is 11.6. The topological polar surface area (TPSA) is 24.9 Å². The second-order valence-electron chi connectivity index (χ2n) is 4.80. The lowest BCUT2D eigenvalue weighted by Gasteiger charge is -2.23. The van der Waals surface area contributed by atoms with Crippen LogP contribution in [0, 0.1) is 0 Å². The van der Waals surface area contributed by atoms with Gasteiger partial charge < -0.3 is 5.32 Å². The molecule has 0 aliphatic heterocycles. The van der Waals surface area contributed by atoms with Gasteiger partial charge in [0.1, 0.15) is 0 Å². The van der Waals surface area contributed by atoms with Gasteiger partial charge in [0.05, 0.1) is 10.0 Å². The number of rotatable bonds is 5. The van der Waals surface area contributed by atoms with E-state index in [0.717, 1.165) is 12.0 Å². The maximum Gasteiger partial charge on any atom is 0.0595 e.